The van der Waals surface area contributed by atoms with Crippen LogP contribution in [0.25, 0.3) is 10.2 Å². The summed E-state index contributed by atoms with van der Waals surface area (Å²) >= 11 is 1.70. The number of amides is 1. The lowest BCUT2D eigenvalue weighted by molar-refractivity contribution is 0.101. The standard InChI is InChI=1S/C17H20N4OS/c1-2-20-11-12(10-18-20)19-17(22)15-9-16-14(7-8-23-16)21(15)13-5-3-4-6-13/h7-11,13H,2-6H2,1H3,(H,19,22). The van der Waals surface area contributed by atoms with Crippen molar-refractivity contribution in [3.05, 3.63) is 35.6 Å². The minimum absolute atomic E-state index is 0.0454. The van der Waals surface area contributed by atoms with Crippen molar-refractivity contribution in [3.63, 3.8) is 0 Å². The zero-order chi connectivity index (χ0) is 15.8. The Balaban J connectivity index is 1.68. The number of carbonyl (C=O) groups is 1. The molecule has 0 spiro atoms. The molecular weight excluding hydrogens is 308 g/mol. The van der Waals surface area contributed by atoms with Crippen LogP contribution in [-0.2, 0) is 6.54 Å². The fourth-order valence-corrected chi connectivity index (χ4v) is 4.28. The summed E-state index contributed by atoms with van der Waals surface area (Å²) in [6.07, 6.45) is 8.38. The molecule has 1 aliphatic rings. The maximum absolute atomic E-state index is 12.8. The first kappa shape index (κ1) is 14.5. The Morgan fingerprint density at radius 2 is 2.26 bits per heavy atom. The molecule has 0 saturated heterocycles. The molecule has 3 aromatic rings. The van der Waals surface area contributed by atoms with Crippen LogP contribution in [0.1, 0.15) is 49.1 Å². The first-order chi connectivity index (χ1) is 11.3. The Morgan fingerprint density at radius 3 is 3.00 bits per heavy atom. The lowest BCUT2D eigenvalue weighted by atomic mass is 10.2. The van der Waals surface area contributed by atoms with Crippen molar-refractivity contribution >= 4 is 33.1 Å². The van der Waals surface area contributed by atoms with Crippen molar-refractivity contribution in [1.29, 1.82) is 0 Å². The Labute approximate surface area is 138 Å². The predicted molar refractivity (Wildman–Crippen MR) is 93.2 cm³/mol. The SMILES string of the molecule is CCn1cc(NC(=O)c2cc3sccc3n2C2CCCC2)cn1. The van der Waals surface area contributed by atoms with Crippen LogP contribution in [0.5, 0.6) is 0 Å². The third kappa shape index (κ3) is 2.57. The van der Waals surface area contributed by atoms with Gasteiger partial charge in [0.2, 0.25) is 0 Å². The number of fused-ring (bicyclic) bond motifs is 1. The van der Waals surface area contributed by atoms with Gasteiger partial charge in [-0.2, -0.15) is 5.10 Å². The first-order valence-corrected chi connectivity index (χ1v) is 9.06. The van der Waals surface area contributed by atoms with Gasteiger partial charge in [-0.15, -0.1) is 11.3 Å². The van der Waals surface area contributed by atoms with Gasteiger partial charge in [0, 0.05) is 18.8 Å². The van der Waals surface area contributed by atoms with E-state index in [1.807, 2.05) is 23.9 Å². The third-order valence-corrected chi connectivity index (χ3v) is 5.45. The number of rotatable bonds is 4. The van der Waals surface area contributed by atoms with Crippen LogP contribution in [0.15, 0.2) is 29.9 Å². The van der Waals surface area contributed by atoms with Crippen molar-refractivity contribution in [1.82, 2.24) is 14.3 Å². The Kier molecular flexibility index (Phi) is 3.69. The molecule has 0 atom stereocenters. The van der Waals surface area contributed by atoms with Gasteiger partial charge in [0.05, 0.1) is 22.1 Å². The van der Waals surface area contributed by atoms with Gasteiger partial charge in [-0.05, 0) is 37.3 Å². The van der Waals surface area contributed by atoms with Crippen LogP contribution >= 0.6 is 11.3 Å². The first-order valence-electron chi connectivity index (χ1n) is 8.18. The second-order valence-corrected chi connectivity index (χ2v) is 6.99. The second kappa shape index (κ2) is 5.85. The second-order valence-electron chi connectivity index (χ2n) is 6.05. The van der Waals surface area contributed by atoms with Gasteiger partial charge in [0.25, 0.3) is 5.91 Å². The molecule has 1 saturated carbocycles. The van der Waals surface area contributed by atoms with Gasteiger partial charge >= 0.3 is 0 Å². The molecule has 3 heterocycles. The van der Waals surface area contributed by atoms with E-state index in [0.29, 0.717) is 6.04 Å². The van der Waals surface area contributed by atoms with E-state index in [0.717, 1.165) is 30.8 Å². The fourth-order valence-electron chi connectivity index (χ4n) is 3.47. The van der Waals surface area contributed by atoms with E-state index >= 15 is 0 Å². The van der Waals surface area contributed by atoms with Gasteiger partial charge in [-0.25, -0.2) is 0 Å². The normalized spacial score (nSPS) is 15.5. The van der Waals surface area contributed by atoms with Crippen molar-refractivity contribution in [2.24, 2.45) is 0 Å². The summed E-state index contributed by atoms with van der Waals surface area (Å²) in [6, 6.07) is 4.60. The number of nitrogens with zero attached hydrogens (tertiary/aromatic N) is 3. The van der Waals surface area contributed by atoms with Crippen LogP contribution in [0.3, 0.4) is 0 Å². The number of hydrogen-bond donors (Lipinski definition) is 1. The highest BCUT2D eigenvalue weighted by Crippen LogP contribution is 2.36. The average molecular weight is 328 g/mol. The number of aryl methyl sites for hydroxylation is 1. The molecule has 0 unspecified atom stereocenters. The summed E-state index contributed by atoms with van der Waals surface area (Å²) in [5.74, 6) is -0.0454. The van der Waals surface area contributed by atoms with Crippen LogP contribution < -0.4 is 5.32 Å². The number of nitrogens with one attached hydrogen (secondary N) is 1. The molecule has 120 valence electrons. The molecule has 23 heavy (non-hydrogen) atoms. The van der Waals surface area contributed by atoms with Crippen molar-refractivity contribution in [3.8, 4) is 0 Å². The summed E-state index contributed by atoms with van der Waals surface area (Å²) in [5.41, 5.74) is 2.71. The summed E-state index contributed by atoms with van der Waals surface area (Å²) in [6.45, 7) is 2.82. The van der Waals surface area contributed by atoms with Gasteiger partial charge < -0.3 is 9.88 Å². The Bertz CT molecular complexity index is 838. The van der Waals surface area contributed by atoms with E-state index in [2.05, 4.69) is 26.4 Å². The molecule has 0 radical (unpaired) electrons. The van der Waals surface area contributed by atoms with E-state index in [1.54, 1.807) is 17.5 Å². The average Bonchev–Trinajstić information content (AvgIpc) is 3.30. The molecule has 1 N–H and O–H groups in total. The Hall–Kier alpha value is -2.08. The van der Waals surface area contributed by atoms with Crippen molar-refractivity contribution in [2.75, 3.05) is 5.32 Å². The lowest BCUT2D eigenvalue weighted by Crippen LogP contribution is -2.19. The molecule has 0 bridgehead atoms. The smallest absolute Gasteiger partial charge is 0.272 e. The lowest BCUT2D eigenvalue weighted by Gasteiger charge is -2.16. The molecule has 3 aromatic heterocycles. The molecule has 1 amide bonds. The number of carbonyl (C=O) groups excluding carboxylic acids is 1. The molecule has 0 aliphatic heterocycles. The molecular formula is C17H20N4OS. The minimum Gasteiger partial charge on any atom is -0.333 e. The fraction of sp³-hybridized carbons (Fsp3) is 0.412. The number of anilines is 1. The third-order valence-electron chi connectivity index (χ3n) is 4.60. The number of hydrogen-bond acceptors (Lipinski definition) is 3. The maximum atomic E-state index is 12.8. The van der Waals surface area contributed by atoms with E-state index in [9.17, 15) is 4.79 Å². The molecule has 4 rings (SSSR count). The molecule has 1 aliphatic carbocycles. The van der Waals surface area contributed by atoms with Gasteiger partial charge in [0.1, 0.15) is 5.69 Å². The van der Waals surface area contributed by atoms with Crippen LogP contribution in [0.2, 0.25) is 0 Å². The monoisotopic (exact) mass is 328 g/mol. The topological polar surface area (TPSA) is 51.9 Å². The van der Waals surface area contributed by atoms with Gasteiger partial charge in [-0.3, -0.25) is 9.48 Å². The number of aromatic nitrogens is 3. The molecule has 6 heteroatoms. The Morgan fingerprint density at radius 1 is 1.43 bits per heavy atom. The van der Waals surface area contributed by atoms with E-state index in [4.69, 9.17) is 0 Å². The summed E-state index contributed by atoms with van der Waals surface area (Å²) in [4.78, 5) is 12.8. The molecule has 0 aromatic carbocycles. The summed E-state index contributed by atoms with van der Waals surface area (Å²) < 4.78 is 5.24. The van der Waals surface area contributed by atoms with Crippen LogP contribution in [0, 0.1) is 0 Å². The highest BCUT2D eigenvalue weighted by molar-refractivity contribution is 7.17. The van der Waals surface area contributed by atoms with Gasteiger partial charge in [-0.1, -0.05) is 12.8 Å². The maximum Gasteiger partial charge on any atom is 0.272 e. The quantitative estimate of drug-likeness (QED) is 0.777. The molecule has 5 nitrogen and oxygen atoms in total. The van der Waals surface area contributed by atoms with Gasteiger partial charge in [0.15, 0.2) is 0 Å². The molecule has 1 fully saturated rings. The summed E-state index contributed by atoms with van der Waals surface area (Å²) in [5, 5.41) is 9.30. The van der Waals surface area contributed by atoms with Crippen LogP contribution in [0.4, 0.5) is 5.69 Å². The van der Waals surface area contributed by atoms with E-state index in [1.165, 1.54) is 23.1 Å². The number of thiophene rings is 1. The predicted octanol–water partition coefficient (Wildman–Crippen LogP) is 4.29. The highest BCUT2D eigenvalue weighted by Gasteiger charge is 2.25. The highest BCUT2D eigenvalue weighted by atomic mass is 32.1. The van der Waals surface area contributed by atoms with E-state index < -0.39 is 0 Å². The van der Waals surface area contributed by atoms with E-state index in [-0.39, 0.29) is 5.91 Å². The zero-order valence-corrected chi connectivity index (χ0v) is 14.0. The zero-order valence-electron chi connectivity index (χ0n) is 13.2. The van der Waals surface area contributed by atoms with Crippen molar-refractivity contribution < 1.29 is 4.79 Å². The van der Waals surface area contributed by atoms with Crippen LogP contribution in [-0.4, -0.2) is 20.3 Å². The minimum atomic E-state index is -0.0454. The largest absolute Gasteiger partial charge is 0.333 e. The van der Waals surface area contributed by atoms with Crippen molar-refractivity contribution in [2.45, 2.75) is 45.2 Å². The summed E-state index contributed by atoms with van der Waals surface area (Å²) in [7, 11) is 0.